The van der Waals surface area contributed by atoms with Crippen LogP contribution in [0.15, 0.2) is 18.2 Å². The number of benzene rings is 1. The van der Waals surface area contributed by atoms with Gasteiger partial charge in [-0.3, -0.25) is 19.3 Å². The normalized spacial score (nSPS) is 13.3. The maximum Gasteiger partial charge on any atom is 0.261 e. The highest BCUT2D eigenvalue weighted by Gasteiger charge is 2.35. The van der Waals surface area contributed by atoms with Crippen LogP contribution in [-0.4, -0.2) is 62.5 Å². The minimum absolute atomic E-state index is 0.261. The molecule has 1 aromatic carbocycles. The molecule has 3 amide bonds. The maximum atomic E-state index is 12.4. The molecule has 0 saturated carbocycles. The van der Waals surface area contributed by atoms with Crippen LogP contribution < -0.4 is 10.6 Å². The number of ether oxygens (including phenoxy) is 1. The van der Waals surface area contributed by atoms with Crippen molar-refractivity contribution in [2.24, 2.45) is 0 Å². The molecule has 7 heteroatoms. The Morgan fingerprint density at radius 3 is 2.60 bits per heavy atom. The molecule has 0 unspecified atom stereocenters. The van der Waals surface area contributed by atoms with Crippen molar-refractivity contribution >= 4 is 17.7 Å². The van der Waals surface area contributed by atoms with Gasteiger partial charge in [0.05, 0.1) is 17.7 Å². The summed E-state index contributed by atoms with van der Waals surface area (Å²) >= 11 is 0. The highest BCUT2D eigenvalue weighted by atomic mass is 16.5. The van der Waals surface area contributed by atoms with Crippen LogP contribution in [0.4, 0.5) is 0 Å². The average molecular weight is 347 g/mol. The molecule has 25 heavy (non-hydrogen) atoms. The number of imide groups is 1. The van der Waals surface area contributed by atoms with E-state index in [1.165, 1.54) is 11.0 Å². The molecule has 0 atom stereocenters. The Balaban J connectivity index is 1.95. The Morgan fingerprint density at radius 2 is 1.88 bits per heavy atom. The lowest BCUT2D eigenvalue weighted by molar-refractivity contribution is 0.0652. The van der Waals surface area contributed by atoms with Gasteiger partial charge >= 0.3 is 0 Å². The standard InChI is InChI=1S/C18H25N3O4/c1-3-4-10-21-17(23)14-6-5-13(12-15(14)18(21)24)16(22)20-8-7-19-9-11-25-2/h5-6,12,19H,3-4,7-11H2,1-2H3,(H,20,22). The Bertz CT molecular complexity index is 645. The van der Waals surface area contributed by atoms with Gasteiger partial charge in [-0.15, -0.1) is 0 Å². The van der Waals surface area contributed by atoms with E-state index in [2.05, 4.69) is 10.6 Å². The Morgan fingerprint density at radius 1 is 1.12 bits per heavy atom. The molecule has 0 bridgehead atoms. The van der Waals surface area contributed by atoms with E-state index in [9.17, 15) is 14.4 Å². The monoisotopic (exact) mass is 347 g/mol. The summed E-state index contributed by atoms with van der Waals surface area (Å²) in [5.74, 6) is -0.851. The van der Waals surface area contributed by atoms with Gasteiger partial charge in [0.1, 0.15) is 0 Å². The van der Waals surface area contributed by atoms with Crippen molar-refractivity contribution in [3.05, 3.63) is 34.9 Å². The van der Waals surface area contributed by atoms with Crippen LogP contribution >= 0.6 is 0 Å². The molecular weight excluding hydrogens is 322 g/mol. The van der Waals surface area contributed by atoms with Crippen molar-refractivity contribution in [2.75, 3.05) is 39.9 Å². The van der Waals surface area contributed by atoms with Crippen LogP contribution in [-0.2, 0) is 4.74 Å². The number of carbonyl (C=O) groups is 3. The van der Waals surface area contributed by atoms with E-state index in [1.807, 2.05) is 6.92 Å². The minimum Gasteiger partial charge on any atom is -0.383 e. The van der Waals surface area contributed by atoms with Crippen LogP contribution in [0.1, 0.15) is 50.8 Å². The van der Waals surface area contributed by atoms with Gasteiger partial charge in [0.2, 0.25) is 0 Å². The summed E-state index contributed by atoms with van der Waals surface area (Å²) < 4.78 is 4.92. The zero-order valence-corrected chi connectivity index (χ0v) is 14.8. The second-order valence-electron chi connectivity index (χ2n) is 5.87. The summed E-state index contributed by atoms with van der Waals surface area (Å²) in [4.78, 5) is 38.1. The molecule has 1 aliphatic rings. The molecule has 2 N–H and O–H groups in total. The fourth-order valence-corrected chi connectivity index (χ4v) is 2.62. The molecule has 1 aliphatic heterocycles. The largest absolute Gasteiger partial charge is 0.383 e. The summed E-state index contributed by atoms with van der Waals surface area (Å²) in [6.45, 7) is 4.85. The molecule has 0 spiro atoms. The Hall–Kier alpha value is -2.25. The Kier molecular flexibility index (Phi) is 7.09. The quantitative estimate of drug-likeness (QED) is 0.488. The number of carbonyl (C=O) groups excluding carboxylic acids is 3. The number of nitrogens with zero attached hydrogens (tertiary/aromatic N) is 1. The number of fused-ring (bicyclic) bond motifs is 1. The van der Waals surface area contributed by atoms with E-state index >= 15 is 0 Å². The van der Waals surface area contributed by atoms with E-state index < -0.39 is 0 Å². The average Bonchev–Trinajstić information content (AvgIpc) is 2.86. The SMILES string of the molecule is CCCCN1C(=O)c2ccc(C(=O)NCCNCCOC)cc2C1=O. The van der Waals surface area contributed by atoms with Gasteiger partial charge in [-0.05, 0) is 24.6 Å². The van der Waals surface area contributed by atoms with E-state index in [-0.39, 0.29) is 17.7 Å². The van der Waals surface area contributed by atoms with E-state index in [0.717, 1.165) is 19.4 Å². The summed E-state index contributed by atoms with van der Waals surface area (Å²) in [7, 11) is 1.63. The zero-order chi connectivity index (χ0) is 18.2. The number of rotatable bonds is 10. The van der Waals surface area contributed by atoms with Crippen molar-refractivity contribution < 1.29 is 19.1 Å². The molecule has 7 nitrogen and oxygen atoms in total. The molecular formula is C18H25N3O4. The molecule has 0 aliphatic carbocycles. The molecule has 2 rings (SSSR count). The van der Waals surface area contributed by atoms with Gasteiger partial charge in [-0.1, -0.05) is 13.3 Å². The first-order chi connectivity index (χ1) is 12.1. The molecule has 1 heterocycles. The predicted octanol–water partition coefficient (Wildman–Crippen LogP) is 1.05. The van der Waals surface area contributed by atoms with Gasteiger partial charge in [0.25, 0.3) is 17.7 Å². The molecule has 136 valence electrons. The summed E-state index contributed by atoms with van der Waals surface area (Å²) in [5, 5.41) is 5.91. The highest BCUT2D eigenvalue weighted by Crippen LogP contribution is 2.24. The van der Waals surface area contributed by atoms with Gasteiger partial charge in [-0.2, -0.15) is 0 Å². The van der Waals surface area contributed by atoms with Crippen molar-refractivity contribution in [3.63, 3.8) is 0 Å². The van der Waals surface area contributed by atoms with Crippen LogP contribution in [0.5, 0.6) is 0 Å². The number of nitrogens with one attached hydrogen (secondary N) is 2. The molecule has 1 aromatic rings. The van der Waals surface area contributed by atoms with Gasteiger partial charge in [0.15, 0.2) is 0 Å². The van der Waals surface area contributed by atoms with Crippen molar-refractivity contribution in [1.29, 1.82) is 0 Å². The first kappa shape index (κ1) is 19.1. The van der Waals surface area contributed by atoms with Crippen LogP contribution in [0.25, 0.3) is 0 Å². The van der Waals surface area contributed by atoms with Gasteiger partial charge < -0.3 is 15.4 Å². The predicted molar refractivity (Wildman–Crippen MR) is 93.8 cm³/mol. The minimum atomic E-state index is -0.315. The van der Waals surface area contributed by atoms with Crippen LogP contribution in [0.3, 0.4) is 0 Å². The van der Waals surface area contributed by atoms with Crippen LogP contribution in [0.2, 0.25) is 0 Å². The fourth-order valence-electron chi connectivity index (χ4n) is 2.62. The van der Waals surface area contributed by atoms with Gasteiger partial charge in [0, 0.05) is 38.9 Å². The second-order valence-corrected chi connectivity index (χ2v) is 5.87. The summed E-state index contributed by atoms with van der Waals surface area (Å²) in [5.41, 5.74) is 1.07. The first-order valence-corrected chi connectivity index (χ1v) is 8.58. The van der Waals surface area contributed by atoms with Crippen molar-refractivity contribution in [2.45, 2.75) is 19.8 Å². The number of amides is 3. The Labute approximate surface area is 147 Å². The third-order valence-electron chi connectivity index (χ3n) is 4.04. The lowest BCUT2D eigenvalue weighted by atomic mass is 10.1. The lowest BCUT2D eigenvalue weighted by Gasteiger charge is -2.12. The summed E-state index contributed by atoms with van der Waals surface area (Å²) in [6.07, 6.45) is 1.67. The number of hydrogen-bond acceptors (Lipinski definition) is 5. The smallest absolute Gasteiger partial charge is 0.261 e. The maximum absolute atomic E-state index is 12.4. The molecule has 0 radical (unpaired) electrons. The highest BCUT2D eigenvalue weighted by molar-refractivity contribution is 6.22. The zero-order valence-electron chi connectivity index (χ0n) is 14.8. The fraction of sp³-hybridized carbons (Fsp3) is 0.500. The van der Waals surface area contributed by atoms with E-state index in [0.29, 0.717) is 42.9 Å². The molecule has 0 fully saturated rings. The number of hydrogen-bond donors (Lipinski definition) is 2. The third kappa shape index (κ3) is 4.64. The first-order valence-electron chi connectivity index (χ1n) is 8.58. The molecule has 0 aromatic heterocycles. The second kappa shape index (κ2) is 9.29. The lowest BCUT2D eigenvalue weighted by Crippen LogP contribution is -2.33. The van der Waals surface area contributed by atoms with Crippen molar-refractivity contribution in [1.82, 2.24) is 15.5 Å². The van der Waals surface area contributed by atoms with Gasteiger partial charge in [-0.25, -0.2) is 0 Å². The van der Waals surface area contributed by atoms with E-state index in [1.54, 1.807) is 19.2 Å². The van der Waals surface area contributed by atoms with Crippen LogP contribution in [0, 0.1) is 0 Å². The molecule has 0 saturated heterocycles. The topological polar surface area (TPSA) is 87.7 Å². The number of unbranched alkanes of at least 4 members (excludes halogenated alkanes) is 1. The third-order valence-corrected chi connectivity index (χ3v) is 4.04. The van der Waals surface area contributed by atoms with E-state index in [4.69, 9.17) is 4.74 Å². The number of methoxy groups -OCH3 is 1. The van der Waals surface area contributed by atoms with Crippen molar-refractivity contribution in [3.8, 4) is 0 Å². The summed E-state index contributed by atoms with van der Waals surface area (Å²) in [6, 6.07) is 4.66.